The molecule has 0 fully saturated rings. The van der Waals surface area contributed by atoms with Crippen molar-refractivity contribution < 1.29 is 0 Å². The highest BCUT2D eigenvalue weighted by molar-refractivity contribution is 5.84. The Labute approximate surface area is 70.8 Å². The van der Waals surface area contributed by atoms with Crippen molar-refractivity contribution in [2.75, 3.05) is 5.73 Å². The number of aryl methyl sites for hydroxylation is 2. The van der Waals surface area contributed by atoms with Gasteiger partial charge in [0, 0.05) is 30.9 Å². The maximum atomic E-state index is 5.58. The van der Waals surface area contributed by atoms with Crippen LogP contribution in [0.1, 0.15) is 5.56 Å². The van der Waals surface area contributed by atoms with Gasteiger partial charge in [-0.1, -0.05) is 0 Å². The molecule has 2 heterocycles. The first kappa shape index (κ1) is 7.16. The van der Waals surface area contributed by atoms with E-state index in [1.165, 1.54) is 10.9 Å². The Morgan fingerprint density at radius 1 is 1.50 bits per heavy atom. The molecular formula is C9H11N3. The molecule has 2 N–H and O–H groups in total. The number of pyridine rings is 1. The first-order valence-electron chi connectivity index (χ1n) is 3.85. The summed E-state index contributed by atoms with van der Waals surface area (Å²) in [5, 5.41) is 1.17. The SMILES string of the molecule is Cc1cn(C)c2cc(N)ncc12. The van der Waals surface area contributed by atoms with Crippen molar-refractivity contribution in [1.29, 1.82) is 0 Å². The van der Waals surface area contributed by atoms with Gasteiger partial charge in [0.25, 0.3) is 0 Å². The summed E-state index contributed by atoms with van der Waals surface area (Å²) in [5.41, 5.74) is 7.95. The number of nitrogen functional groups attached to an aromatic ring is 1. The van der Waals surface area contributed by atoms with Gasteiger partial charge < -0.3 is 10.3 Å². The lowest BCUT2D eigenvalue weighted by molar-refractivity contribution is 0.963. The summed E-state index contributed by atoms with van der Waals surface area (Å²) in [7, 11) is 2.01. The molecule has 3 heteroatoms. The molecule has 62 valence electrons. The molecule has 0 aliphatic rings. The minimum atomic E-state index is 0.573. The zero-order valence-electron chi connectivity index (χ0n) is 7.20. The Bertz CT molecular complexity index is 429. The van der Waals surface area contributed by atoms with E-state index in [1.54, 1.807) is 0 Å². The van der Waals surface area contributed by atoms with Crippen LogP contribution in [0.5, 0.6) is 0 Å². The molecule has 0 radical (unpaired) electrons. The van der Waals surface area contributed by atoms with Crippen LogP contribution in [-0.4, -0.2) is 9.55 Å². The number of aromatic nitrogens is 2. The van der Waals surface area contributed by atoms with E-state index in [2.05, 4.69) is 22.7 Å². The summed E-state index contributed by atoms with van der Waals surface area (Å²) < 4.78 is 2.06. The summed E-state index contributed by atoms with van der Waals surface area (Å²) in [5.74, 6) is 0.573. The predicted molar refractivity (Wildman–Crippen MR) is 49.9 cm³/mol. The molecule has 0 spiro atoms. The molecule has 0 aliphatic carbocycles. The van der Waals surface area contributed by atoms with E-state index in [-0.39, 0.29) is 0 Å². The van der Waals surface area contributed by atoms with Gasteiger partial charge in [-0.2, -0.15) is 0 Å². The van der Waals surface area contributed by atoms with Crippen molar-refractivity contribution in [3.05, 3.63) is 24.0 Å². The van der Waals surface area contributed by atoms with Crippen molar-refractivity contribution in [2.24, 2.45) is 7.05 Å². The third-order valence-electron chi connectivity index (χ3n) is 2.10. The normalized spacial score (nSPS) is 10.8. The van der Waals surface area contributed by atoms with Crippen LogP contribution in [-0.2, 0) is 7.05 Å². The summed E-state index contributed by atoms with van der Waals surface area (Å²) in [6, 6.07) is 1.89. The molecule has 0 unspecified atom stereocenters. The van der Waals surface area contributed by atoms with Gasteiger partial charge in [-0.25, -0.2) is 4.98 Å². The summed E-state index contributed by atoms with van der Waals surface area (Å²) in [4.78, 5) is 4.05. The van der Waals surface area contributed by atoms with Crippen molar-refractivity contribution in [3.8, 4) is 0 Å². The van der Waals surface area contributed by atoms with Gasteiger partial charge in [0.15, 0.2) is 0 Å². The van der Waals surface area contributed by atoms with E-state index < -0.39 is 0 Å². The zero-order valence-corrected chi connectivity index (χ0v) is 7.20. The van der Waals surface area contributed by atoms with Gasteiger partial charge >= 0.3 is 0 Å². The van der Waals surface area contributed by atoms with Crippen molar-refractivity contribution >= 4 is 16.7 Å². The van der Waals surface area contributed by atoms with Crippen molar-refractivity contribution in [2.45, 2.75) is 6.92 Å². The molecule has 0 aromatic carbocycles. The maximum Gasteiger partial charge on any atom is 0.125 e. The van der Waals surface area contributed by atoms with Crippen molar-refractivity contribution in [3.63, 3.8) is 0 Å². The molecule has 0 saturated carbocycles. The molecule has 12 heavy (non-hydrogen) atoms. The molecule has 0 aliphatic heterocycles. The van der Waals surface area contributed by atoms with Crippen LogP contribution in [0, 0.1) is 6.92 Å². The van der Waals surface area contributed by atoms with Crippen LogP contribution in [0.15, 0.2) is 18.5 Å². The van der Waals surface area contributed by atoms with E-state index in [1.807, 2.05) is 19.3 Å². The highest BCUT2D eigenvalue weighted by atomic mass is 14.9. The van der Waals surface area contributed by atoms with E-state index in [4.69, 9.17) is 5.73 Å². The standard InChI is InChI=1S/C9H11N3/c1-6-5-12(2)8-3-9(10)11-4-7(6)8/h3-5H,1-2H3,(H2,10,11). The molecule has 0 amide bonds. The van der Waals surface area contributed by atoms with E-state index in [0.29, 0.717) is 5.82 Å². The van der Waals surface area contributed by atoms with Crippen LogP contribution in [0.3, 0.4) is 0 Å². The second-order valence-corrected chi connectivity index (χ2v) is 3.05. The van der Waals surface area contributed by atoms with Gasteiger partial charge in [-0.3, -0.25) is 0 Å². The maximum absolute atomic E-state index is 5.58. The van der Waals surface area contributed by atoms with Crippen molar-refractivity contribution in [1.82, 2.24) is 9.55 Å². The number of nitrogens with two attached hydrogens (primary N) is 1. The summed E-state index contributed by atoms with van der Waals surface area (Å²) >= 11 is 0. The predicted octanol–water partition coefficient (Wildman–Crippen LogP) is 1.46. The van der Waals surface area contributed by atoms with E-state index in [9.17, 15) is 0 Å². The van der Waals surface area contributed by atoms with Gasteiger partial charge in [-0.15, -0.1) is 0 Å². The first-order chi connectivity index (χ1) is 5.68. The average Bonchev–Trinajstić information content (AvgIpc) is 2.28. The monoisotopic (exact) mass is 161 g/mol. The molecule has 2 aromatic heterocycles. The highest BCUT2D eigenvalue weighted by Crippen LogP contribution is 2.19. The molecule has 2 rings (SSSR count). The molecule has 0 atom stereocenters. The Balaban J connectivity index is 2.90. The molecular weight excluding hydrogens is 150 g/mol. The van der Waals surface area contributed by atoms with Crippen LogP contribution >= 0.6 is 0 Å². The highest BCUT2D eigenvalue weighted by Gasteiger charge is 2.02. The van der Waals surface area contributed by atoms with Gasteiger partial charge in [0.1, 0.15) is 5.82 Å². The number of fused-ring (bicyclic) bond motifs is 1. The fourth-order valence-electron chi connectivity index (χ4n) is 1.49. The smallest absolute Gasteiger partial charge is 0.125 e. The molecule has 0 bridgehead atoms. The number of anilines is 1. The second-order valence-electron chi connectivity index (χ2n) is 3.05. The largest absolute Gasteiger partial charge is 0.384 e. The van der Waals surface area contributed by atoms with Crippen LogP contribution in [0.2, 0.25) is 0 Å². The van der Waals surface area contributed by atoms with Gasteiger partial charge in [0.05, 0.1) is 5.52 Å². The van der Waals surface area contributed by atoms with Crippen LogP contribution in [0.4, 0.5) is 5.82 Å². The Hall–Kier alpha value is -1.51. The van der Waals surface area contributed by atoms with Gasteiger partial charge in [0.2, 0.25) is 0 Å². The number of nitrogens with zero attached hydrogens (tertiary/aromatic N) is 2. The molecule has 2 aromatic rings. The minimum absolute atomic E-state index is 0.573. The quantitative estimate of drug-likeness (QED) is 0.635. The minimum Gasteiger partial charge on any atom is -0.384 e. The number of hydrogen-bond donors (Lipinski definition) is 1. The lowest BCUT2D eigenvalue weighted by atomic mass is 10.2. The van der Waals surface area contributed by atoms with E-state index in [0.717, 1.165) is 5.52 Å². The third kappa shape index (κ3) is 0.863. The fraction of sp³-hybridized carbons (Fsp3) is 0.222. The van der Waals surface area contributed by atoms with Crippen LogP contribution in [0.25, 0.3) is 10.9 Å². The van der Waals surface area contributed by atoms with Gasteiger partial charge in [-0.05, 0) is 12.5 Å². The Kier molecular flexibility index (Phi) is 1.33. The topological polar surface area (TPSA) is 43.8 Å². The Morgan fingerprint density at radius 2 is 2.25 bits per heavy atom. The third-order valence-corrected chi connectivity index (χ3v) is 2.10. The Morgan fingerprint density at radius 3 is 3.00 bits per heavy atom. The first-order valence-corrected chi connectivity index (χ1v) is 3.85. The number of rotatable bonds is 0. The zero-order chi connectivity index (χ0) is 8.72. The number of hydrogen-bond acceptors (Lipinski definition) is 2. The lowest BCUT2D eigenvalue weighted by Crippen LogP contribution is -1.90. The summed E-state index contributed by atoms with van der Waals surface area (Å²) in [6.07, 6.45) is 3.89. The van der Waals surface area contributed by atoms with E-state index >= 15 is 0 Å². The van der Waals surface area contributed by atoms with Crippen LogP contribution < -0.4 is 5.73 Å². The summed E-state index contributed by atoms with van der Waals surface area (Å²) in [6.45, 7) is 2.07. The molecule has 0 saturated heterocycles. The molecule has 3 nitrogen and oxygen atoms in total. The second kappa shape index (κ2) is 2.24. The fourth-order valence-corrected chi connectivity index (χ4v) is 1.49. The average molecular weight is 161 g/mol. The lowest BCUT2D eigenvalue weighted by Gasteiger charge is -1.96.